The number of rotatable bonds is 4. The van der Waals surface area contributed by atoms with Crippen LogP contribution in [0.1, 0.15) is 59.7 Å². The third-order valence-corrected chi connectivity index (χ3v) is 4.90. The molecule has 1 saturated heterocycles. The molecule has 3 heterocycles. The van der Waals surface area contributed by atoms with Crippen LogP contribution in [0.2, 0.25) is 0 Å². The van der Waals surface area contributed by atoms with Crippen molar-refractivity contribution in [1.29, 1.82) is 0 Å². The van der Waals surface area contributed by atoms with E-state index in [0.29, 0.717) is 11.6 Å². The Kier molecular flexibility index (Phi) is 4.15. The van der Waals surface area contributed by atoms with Crippen LogP contribution in [0, 0.1) is 0 Å². The first-order chi connectivity index (χ1) is 12.1. The maximum Gasteiger partial charge on any atom is 0.272 e. The molecule has 132 valence electrons. The molecule has 0 spiro atoms. The van der Waals surface area contributed by atoms with E-state index in [-0.39, 0.29) is 11.8 Å². The van der Waals surface area contributed by atoms with Crippen molar-refractivity contribution >= 4 is 11.6 Å². The molecule has 1 unspecified atom stereocenters. The number of carbonyl (C=O) groups excluding carboxylic acids is 1. The van der Waals surface area contributed by atoms with Crippen LogP contribution in [-0.2, 0) is 0 Å². The second-order valence-corrected chi connectivity index (χ2v) is 7.15. The second kappa shape index (κ2) is 6.46. The minimum absolute atomic E-state index is 0.0809. The molecule has 0 radical (unpaired) electrons. The lowest BCUT2D eigenvalue weighted by Gasteiger charge is -2.33. The summed E-state index contributed by atoms with van der Waals surface area (Å²) in [7, 11) is 3.47. The quantitative estimate of drug-likeness (QED) is 0.850. The number of pyridine rings is 1. The number of hydrogen-bond donors (Lipinski definition) is 0. The van der Waals surface area contributed by atoms with Crippen LogP contribution in [0.4, 0.5) is 5.69 Å². The van der Waals surface area contributed by atoms with Gasteiger partial charge in [0, 0.05) is 50.9 Å². The molecule has 2 aliphatic rings. The zero-order valence-corrected chi connectivity index (χ0v) is 14.7. The van der Waals surface area contributed by atoms with Crippen molar-refractivity contribution in [3.63, 3.8) is 0 Å². The Morgan fingerprint density at radius 2 is 2.12 bits per heavy atom. The van der Waals surface area contributed by atoms with E-state index in [0.717, 1.165) is 56.2 Å². The maximum atomic E-state index is 12.2. The normalized spacial score (nSPS) is 20.6. The molecule has 1 atom stereocenters. The van der Waals surface area contributed by atoms with Crippen molar-refractivity contribution < 1.29 is 9.32 Å². The molecule has 1 amide bonds. The Hall–Kier alpha value is -2.44. The summed E-state index contributed by atoms with van der Waals surface area (Å²) in [4.78, 5) is 24.8. The average molecular weight is 341 g/mol. The van der Waals surface area contributed by atoms with E-state index in [9.17, 15) is 4.79 Å². The largest absolute Gasteiger partial charge is 0.371 e. The van der Waals surface area contributed by atoms with Crippen LogP contribution >= 0.6 is 0 Å². The summed E-state index contributed by atoms with van der Waals surface area (Å²) in [5.41, 5.74) is 1.50. The summed E-state index contributed by atoms with van der Waals surface area (Å²) in [5, 5.41) is 4.21. The monoisotopic (exact) mass is 341 g/mol. The minimum atomic E-state index is -0.0809. The molecule has 1 aliphatic carbocycles. The first-order valence-corrected chi connectivity index (χ1v) is 8.88. The van der Waals surface area contributed by atoms with Gasteiger partial charge in [-0.25, -0.2) is 0 Å². The van der Waals surface area contributed by atoms with E-state index >= 15 is 0 Å². The Bertz CT molecular complexity index is 768. The third kappa shape index (κ3) is 3.36. The van der Waals surface area contributed by atoms with Gasteiger partial charge in [-0.05, 0) is 37.8 Å². The van der Waals surface area contributed by atoms with Crippen LogP contribution in [0.3, 0.4) is 0 Å². The molecule has 25 heavy (non-hydrogen) atoms. The fraction of sp³-hybridized carbons (Fsp3) is 0.556. The highest BCUT2D eigenvalue weighted by atomic mass is 16.5. The van der Waals surface area contributed by atoms with Crippen molar-refractivity contribution in [3.05, 3.63) is 35.7 Å². The predicted octanol–water partition coefficient (Wildman–Crippen LogP) is 2.43. The summed E-state index contributed by atoms with van der Waals surface area (Å²) < 4.78 is 5.42. The van der Waals surface area contributed by atoms with Crippen LogP contribution in [0.15, 0.2) is 22.9 Å². The van der Waals surface area contributed by atoms with Gasteiger partial charge >= 0.3 is 0 Å². The molecule has 4 rings (SSSR count). The smallest absolute Gasteiger partial charge is 0.272 e. The Morgan fingerprint density at radius 1 is 1.28 bits per heavy atom. The average Bonchev–Trinajstić information content (AvgIpc) is 3.38. The van der Waals surface area contributed by atoms with Crippen molar-refractivity contribution in [2.24, 2.45) is 0 Å². The van der Waals surface area contributed by atoms with Crippen LogP contribution in [-0.4, -0.2) is 53.1 Å². The molecule has 2 aromatic heterocycles. The predicted molar refractivity (Wildman–Crippen MR) is 92.7 cm³/mol. The van der Waals surface area contributed by atoms with Gasteiger partial charge in [0.15, 0.2) is 5.82 Å². The fourth-order valence-electron chi connectivity index (χ4n) is 3.29. The van der Waals surface area contributed by atoms with E-state index in [1.807, 2.05) is 12.1 Å². The molecule has 0 bridgehead atoms. The number of anilines is 1. The molecule has 0 N–H and O–H groups in total. The Morgan fingerprint density at radius 3 is 2.88 bits per heavy atom. The summed E-state index contributed by atoms with van der Waals surface area (Å²) in [5.74, 6) is 2.30. The van der Waals surface area contributed by atoms with Gasteiger partial charge in [0.1, 0.15) is 5.69 Å². The van der Waals surface area contributed by atoms with Gasteiger partial charge in [0.25, 0.3) is 5.91 Å². The van der Waals surface area contributed by atoms with Crippen LogP contribution < -0.4 is 4.90 Å². The van der Waals surface area contributed by atoms with Crippen molar-refractivity contribution in [2.45, 2.75) is 37.5 Å². The lowest BCUT2D eigenvalue weighted by atomic mass is 9.97. The van der Waals surface area contributed by atoms with Crippen LogP contribution in [0.25, 0.3) is 0 Å². The SMILES string of the molecule is CN(C)C(=O)c1cc(N2CCCC(c3noc(C4CC4)n3)C2)ccn1. The van der Waals surface area contributed by atoms with E-state index < -0.39 is 0 Å². The lowest BCUT2D eigenvalue weighted by molar-refractivity contribution is 0.0822. The van der Waals surface area contributed by atoms with E-state index in [2.05, 4.69) is 20.0 Å². The van der Waals surface area contributed by atoms with Crippen molar-refractivity contribution in [3.8, 4) is 0 Å². The number of piperidine rings is 1. The molecular formula is C18H23N5O2. The van der Waals surface area contributed by atoms with Gasteiger partial charge in [-0.15, -0.1) is 0 Å². The molecule has 1 saturated carbocycles. The molecule has 2 fully saturated rings. The zero-order chi connectivity index (χ0) is 17.4. The standard InChI is InChI=1S/C18H23N5O2/c1-22(2)18(24)15-10-14(7-8-19-15)23-9-3-4-13(11-23)16-20-17(25-21-16)12-5-6-12/h7-8,10,12-13H,3-6,9,11H2,1-2H3. The zero-order valence-electron chi connectivity index (χ0n) is 14.7. The lowest BCUT2D eigenvalue weighted by Crippen LogP contribution is -2.35. The third-order valence-electron chi connectivity index (χ3n) is 4.90. The number of aromatic nitrogens is 3. The highest BCUT2D eigenvalue weighted by Crippen LogP contribution is 2.39. The summed E-state index contributed by atoms with van der Waals surface area (Å²) >= 11 is 0. The second-order valence-electron chi connectivity index (χ2n) is 7.15. The number of hydrogen-bond acceptors (Lipinski definition) is 6. The minimum Gasteiger partial charge on any atom is -0.371 e. The van der Waals surface area contributed by atoms with Gasteiger partial charge in [0.05, 0.1) is 0 Å². The van der Waals surface area contributed by atoms with Crippen LogP contribution in [0.5, 0.6) is 0 Å². The van der Waals surface area contributed by atoms with Gasteiger partial charge < -0.3 is 14.3 Å². The topological polar surface area (TPSA) is 75.4 Å². The maximum absolute atomic E-state index is 12.2. The molecule has 0 aromatic carbocycles. The van der Waals surface area contributed by atoms with Crippen molar-refractivity contribution in [1.82, 2.24) is 20.0 Å². The van der Waals surface area contributed by atoms with Gasteiger partial charge in [-0.3, -0.25) is 9.78 Å². The van der Waals surface area contributed by atoms with E-state index in [4.69, 9.17) is 4.52 Å². The molecule has 1 aliphatic heterocycles. The van der Waals surface area contributed by atoms with Crippen molar-refractivity contribution in [2.75, 3.05) is 32.1 Å². The number of carbonyl (C=O) groups is 1. The van der Waals surface area contributed by atoms with Gasteiger partial charge in [-0.1, -0.05) is 5.16 Å². The first kappa shape index (κ1) is 16.1. The van der Waals surface area contributed by atoms with E-state index in [1.54, 1.807) is 25.2 Å². The van der Waals surface area contributed by atoms with Gasteiger partial charge in [0.2, 0.25) is 5.89 Å². The Labute approximate surface area is 147 Å². The molecular weight excluding hydrogens is 318 g/mol. The highest BCUT2D eigenvalue weighted by Gasteiger charge is 2.32. The summed E-state index contributed by atoms with van der Waals surface area (Å²) in [6.07, 6.45) is 6.16. The van der Waals surface area contributed by atoms with Gasteiger partial charge in [-0.2, -0.15) is 4.98 Å². The number of nitrogens with zero attached hydrogens (tertiary/aromatic N) is 5. The first-order valence-electron chi connectivity index (χ1n) is 8.88. The summed E-state index contributed by atoms with van der Waals surface area (Å²) in [6.45, 7) is 1.80. The van der Waals surface area contributed by atoms with E-state index in [1.165, 1.54) is 0 Å². The summed E-state index contributed by atoms with van der Waals surface area (Å²) in [6, 6.07) is 3.83. The molecule has 7 heteroatoms. The molecule has 7 nitrogen and oxygen atoms in total. The number of amides is 1. The fourth-order valence-corrected chi connectivity index (χ4v) is 3.29. The highest BCUT2D eigenvalue weighted by molar-refractivity contribution is 5.92. The Balaban J connectivity index is 1.50. The molecule has 2 aromatic rings.